The Hall–Kier alpha value is -1.67. The highest BCUT2D eigenvalue weighted by Gasteiger charge is 2.31. The lowest BCUT2D eigenvalue weighted by molar-refractivity contribution is -0.887. The summed E-state index contributed by atoms with van der Waals surface area (Å²) in [6.45, 7) is 4.81. The summed E-state index contributed by atoms with van der Waals surface area (Å²) in [6, 6.07) is -0.609. The zero-order valence-electron chi connectivity index (χ0n) is 44.2. The van der Waals surface area contributed by atoms with Gasteiger partial charge in [0.2, 0.25) is 0 Å². The molecule has 8 heteroatoms. The highest BCUT2D eigenvalue weighted by atomic mass is 16.6. The van der Waals surface area contributed by atoms with E-state index in [9.17, 15) is 19.5 Å². The summed E-state index contributed by atoms with van der Waals surface area (Å²) in [5.74, 6) is -1.43. The molecule has 0 aromatic heterocycles. The molecular weight excluding hydrogens is 811 g/mol. The smallest absolute Gasteiger partial charge is 0.362 e. The molecule has 0 saturated heterocycles. The van der Waals surface area contributed by atoms with Crippen LogP contribution in [-0.2, 0) is 28.6 Å². The molecule has 65 heavy (non-hydrogen) atoms. The lowest BCUT2D eigenvalue weighted by Gasteiger charge is -2.31. The molecular formula is C57H112NO7+. The van der Waals surface area contributed by atoms with Gasteiger partial charge in [0, 0.05) is 19.3 Å². The molecule has 1 N–H and O–H groups in total. The number of rotatable bonds is 53. The van der Waals surface area contributed by atoms with Crippen LogP contribution in [0.3, 0.4) is 0 Å². The Labute approximate surface area is 404 Å². The van der Waals surface area contributed by atoms with Crippen LogP contribution in [0.4, 0.5) is 0 Å². The van der Waals surface area contributed by atoms with Crippen molar-refractivity contribution >= 4 is 17.9 Å². The van der Waals surface area contributed by atoms with Gasteiger partial charge >= 0.3 is 17.9 Å². The number of esters is 2. The highest BCUT2D eigenvalue weighted by molar-refractivity contribution is 5.72. The fraction of sp³-hybridized carbons (Fsp3) is 0.947. The van der Waals surface area contributed by atoms with Crippen molar-refractivity contribution in [2.24, 2.45) is 0 Å². The number of carbonyl (C=O) groups excluding carboxylic acids is 2. The van der Waals surface area contributed by atoms with E-state index >= 15 is 0 Å². The topological polar surface area (TPSA) is 99.1 Å². The van der Waals surface area contributed by atoms with E-state index in [-0.39, 0.29) is 36.2 Å². The zero-order valence-corrected chi connectivity index (χ0v) is 44.2. The summed E-state index contributed by atoms with van der Waals surface area (Å²) >= 11 is 0. The van der Waals surface area contributed by atoms with E-state index in [0.717, 1.165) is 38.5 Å². The predicted octanol–water partition coefficient (Wildman–Crippen LogP) is 16.8. The molecule has 0 bridgehead atoms. The average Bonchev–Trinajstić information content (AvgIpc) is 3.27. The lowest BCUT2D eigenvalue weighted by atomic mass is 10.0. The maximum atomic E-state index is 12.8. The molecule has 8 nitrogen and oxygen atoms in total. The quantitative estimate of drug-likeness (QED) is 0.0368. The van der Waals surface area contributed by atoms with Gasteiger partial charge in [-0.25, -0.2) is 4.79 Å². The van der Waals surface area contributed by atoms with E-state index in [1.807, 2.05) is 21.1 Å². The molecule has 0 spiro atoms. The van der Waals surface area contributed by atoms with Gasteiger partial charge in [-0.2, -0.15) is 0 Å². The van der Waals surface area contributed by atoms with E-state index in [0.29, 0.717) is 19.3 Å². The summed E-state index contributed by atoms with van der Waals surface area (Å²) in [4.78, 5) is 37.2. The Morgan fingerprint density at radius 1 is 0.400 bits per heavy atom. The maximum absolute atomic E-state index is 12.8. The Morgan fingerprint density at radius 3 is 0.954 bits per heavy atom. The predicted molar refractivity (Wildman–Crippen MR) is 276 cm³/mol. The Balaban J connectivity index is 4.10. The molecule has 386 valence electrons. The minimum atomic E-state index is -0.868. The molecule has 2 unspecified atom stereocenters. The molecule has 0 aromatic rings. The summed E-state index contributed by atoms with van der Waals surface area (Å²) in [5, 5.41) is 9.67. The standard InChI is InChI=1S/C57H111NO7/c1-6-8-10-12-14-16-18-20-22-24-26-27-28-29-30-32-33-35-37-39-41-43-45-47-55(59)64-52-53(51-63-50-49-54(57(61)62)58(3,4)5)65-56(60)48-46-44-42-40-38-36-34-31-25-23-21-19-17-15-13-11-9-7-2/h53-54H,6-52H2,1-5H3/p+1. The van der Waals surface area contributed by atoms with Crippen molar-refractivity contribution in [1.29, 1.82) is 0 Å². The van der Waals surface area contributed by atoms with Crippen molar-refractivity contribution in [2.75, 3.05) is 41.0 Å². The van der Waals surface area contributed by atoms with E-state index in [4.69, 9.17) is 14.2 Å². The normalized spacial score (nSPS) is 12.7. The Kier molecular flexibility index (Phi) is 47.5. The van der Waals surface area contributed by atoms with Crippen LogP contribution in [0.5, 0.6) is 0 Å². The molecule has 0 amide bonds. The molecule has 0 aromatic carbocycles. The maximum Gasteiger partial charge on any atom is 0.362 e. The number of carboxylic acid groups (broad SMARTS) is 1. The van der Waals surface area contributed by atoms with Crippen LogP contribution in [0, 0.1) is 0 Å². The number of aliphatic carboxylic acids is 1. The van der Waals surface area contributed by atoms with E-state index < -0.39 is 18.1 Å². The SMILES string of the molecule is CCCCCCCCCCCCCCCCCCCCCCCCCC(=O)OCC(COCCC(C(=O)O)[N+](C)(C)C)OC(=O)CCCCCCCCCCCCCCCCCCCC. The second-order valence-corrected chi connectivity index (χ2v) is 20.9. The molecule has 2 atom stereocenters. The molecule has 0 saturated carbocycles. The van der Waals surface area contributed by atoms with Crippen molar-refractivity contribution in [1.82, 2.24) is 0 Å². The second-order valence-electron chi connectivity index (χ2n) is 20.9. The zero-order chi connectivity index (χ0) is 47.7. The van der Waals surface area contributed by atoms with Gasteiger partial charge in [0.05, 0.1) is 34.4 Å². The van der Waals surface area contributed by atoms with E-state index in [1.165, 1.54) is 225 Å². The summed E-state index contributed by atoms with van der Waals surface area (Å²) < 4.78 is 17.4. The minimum Gasteiger partial charge on any atom is -0.477 e. The van der Waals surface area contributed by atoms with Crippen LogP contribution < -0.4 is 0 Å². The van der Waals surface area contributed by atoms with Gasteiger partial charge in [0.25, 0.3) is 0 Å². The number of carbonyl (C=O) groups is 3. The van der Waals surface area contributed by atoms with Crippen LogP contribution >= 0.6 is 0 Å². The number of hydrogen-bond donors (Lipinski definition) is 1. The van der Waals surface area contributed by atoms with Crippen molar-refractivity contribution in [2.45, 2.75) is 309 Å². The first-order valence-electron chi connectivity index (χ1n) is 28.6. The molecule has 0 aliphatic carbocycles. The largest absolute Gasteiger partial charge is 0.477 e. The number of ether oxygens (including phenoxy) is 3. The molecule has 0 aliphatic rings. The highest BCUT2D eigenvalue weighted by Crippen LogP contribution is 2.18. The van der Waals surface area contributed by atoms with Gasteiger partial charge in [0.15, 0.2) is 12.1 Å². The average molecular weight is 924 g/mol. The van der Waals surface area contributed by atoms with E-state index in [2.05, 4.69) is 13.8 Å². The van der Waals surface area contributed by atoms with Crippen molar-refractivity contribution in [3.05, 3.63) is 0 Å². The molecule has 0 radical (unpaired) electrons. The van der Waals surface area contributed by atoms with Crippen molar-refractivity contribution in [3.63, 3.8) is 0 Å². The van der Waals surface area contributed by atoms with Gasteiger partial charge in [-0.05, 0) is 12.8 Å². The van der Waals surface area contributed by atoms with Crippen LogP contribution in [0.25, 0.3) is 0 Å². The number of unbranched alkanes of at least 4 members (excludes halogenated alkanes) is 39. The number of quaternary nitrogens is 1. The summed E-state index contributed by atoms with van der Waals surface area (Å²) in [7, 11) is 5.56. The minimum absolute atomic E-state index is 0.0409. The molecule has 0 aliphatic heterocycles. The first-order chi connectivity index (χ1) is 31.6. The van der Waals surface area contributed by atoms with Crippen LogP contribution in [0.2, 0.25) is 0 Å². The van der Waals surface area contributed by atoms with Crippen molar-refractivity contribution in [3.8, 4) is 0 Å². The fourth-order valence-corrected chi connectivity index (χ4v) is 9.10. The van der Waals surface area contributed by atoms with Crippen LogP contribution in [0.15, 0.2) is 0 Å². The van der Waals surface area contributed by atoms with E-state index in [1.54, 1.807) is 0 Å². The molecule has 0 fully saturated rings. The molecule has 0 rings (SSSR count). The number of hydrogen-bond acceptors (Lipinski definition) is 6. The molecule has 0 heterocycles. The number of carboxylic acids is 1. The van der Waals surface area contributed by atoms with Crippen LogP contribution in [-0.4, -0.2) is 80.6 Å². The number of likely N-dealkylation sites (N-methyl/N-ethyl adjacent to an activating group) is 1. The number of nitrogens with zero attached hydrogens (tertiary/aromatic N) is 1. The summed E-state index contributed by atoms with van der Waals surface area (Å²) in [6.07, 6.45) is 54.5. The van der Waals surface area contributed by atoms with Gasteiger partial charge in [-0.3, -0.25) is 9.59 Å². The van der Waals surface area contributed by atoms with Gasteiger partial charge < -0.3 is 23.8 Å². The Bertz CT molecular complexity index is 1030. The third-order valence-corrected chi connectivity index (χ3v) is 13.5. The van der Waals surface area contributed by atoms with Crippen molar-refractivity contribution < 1.29 is 38.2 Å². The third-order valence-electron chi connectivity index (χ3n) is 13.5. The Morgan fingerprint density at radius 2 is 0.677 bits per heavy atom. The first-order valence-corrected chi connectivity index (χ1v) is 28.6. The second kappa shape index (κ2) is 48.8. The lowest BCUT2D eigenvalue weighted by Crippen LogP contribution is -2.50. The first kappa shape index (κ1) is 63.3. The van der Waals surface area contributed by atoms with Gasteiger partial charge in [0.1, 0.15) is 6.61 Å². The van der Waals surface area contributed by atoms with Gasteiger partial charge in [-0.15, -0.1) is 0 Å². The monoisotopic (exact) mass is 923 g/mol. The summed E-state index contributed by atoms with van der Waals surface area (Å²) in [5.41, 5.74) is 0. The fourth-order valence-electron chi connectivity index (χ4n) is 9.10. The van der Waals surface area contributed by atoms with Gasteiger partial charge in [-0.1, -0.05) is 264 Å². The third kappa shape index (κ3) is 47.2. The van der Waals surface area contributed by atoms with Crippen LogP contribution in [0.1, 0.15) is 296 Å².